The normalized spacial score (nSPS) is 12.8. The number of ether oxygens (including phenoxy) is 3. The molecule has 6 heteroatoms. The van der Waals surface area contributed by atoms with Crippen molar-refractivity contribution in [3.05, 3.63) is 109 Å². The van der Waals surface area contributed by atoms with E-state index >= 15 is 0 Å². The highest BCUT2D eigenvalue weighted by atomic mass is 16.6. The predicted octanol–water partition coefficient (Wildman–Crippen LogP) is 23.0. The minimum atomic E-state index is -0.822. The molecule has 0 bridgehead atoms. The molecule has 0 saturated carbocycles. The van der Waals surface area contributed by atoms with Crippen molar-refractivity contribution >= 4 is 17.9 Å². The fraction of sp³-hybridized carbons (Fsp3) is 0.712. The van der Waals surface area contributed by atoms with Crippen LogP contribution in [-0.4, -0.2) is 37.2 Å². The van der Waals surface area contributed by atoms with Crippen LogP contribution in [0.15, 0.2) is 109 Å². The van der Waals surface area contributed by atoms with Crippen LogP contribution in [-0.2, 0) is 28.6 Å². The molecule has 0 spiro atoms. The molecule has 0 saturated heterocycles. The van der Waals surface area contributed by atoms with Crippen molar-refractivity contribution in [1.29, 1.82) is 0 Å². The first-order valence-electron chi connectivity index (χ1n) is 33.4. The van der Waals surface area contributed by atoms with Crippen LogP contribution in [0.5, 0.6) is 0 Å². The Balaban J connectivity index is 4.24. The quantitative estimate of drug-likeness (QED) is 0.0261. The molecule has 0 fully saturated rings. The van der Waals surface area contributed by atoms with Crippen molar-refractivity contribution in [3.63, 3.8) is 0 Å². The standard InChI is InChI=1S/C73H124O6/c1-4-7-10-13-16-19-22-25-27-29-30-31-32-33-34-35-36-37-38-39-40-41-42-44-45-48-51-54-57-60-63-66-72(75)78-69-70(68-77-71(74)65-62-59-56-53-50-47-24-21-18-15-12-9-6-3)79-73(76)67-64-61-58-55-52-49-46-43-28-26-23-20-17-14-11-8-5-2/h8-9,11-12,17-18,20-21,26,28-30,46-47,49-50,56,59,70H,4-7,10,13-16,19,22-25,27,31-45,48,51-55,57-58,60-69H2,1-3H3/b11-8-,12-9-,20-17-,21-18-,28-26-,30-29-,49-46-,50-47-,59-56-. The van der Waals surface area contributed by atoms with Gasteiger partial charge in [-0.3, -0.25) is 14.4 Å². The van der Waals surface area contributed by atoms with Crippen LogP contribution in [0.25, 0.3) is 0 Å². The summed E-state index contributed by atoms with van der Waals surface area (Å²) in [5.41, 5.74) is 0. The lowest BCUT2D eigenvalue weighted by atomic mass is 10.0. The molecule has 0 heterocycles. The summed E-state index contributed by atoms with van der Waals surface area (Å²) in [7, 11) is 0. The van der Waals surface area contributed by atoms with Gasteiger partial charge in [-0.1, -0.05) is 297 Å². The van der Waals surface area contributed by atoms with E-state index < -0.39 is 6.10 Å². The van der Waals surface area contributed by atoms with Crippen molar-refractivity contribution < 1.29 is 28.6 Å². The minimum absolute atomic E-state index is 0.109. The molecule has 0 aliphatic heterocycles. The van der Waals surface area contributed by atoms with Crippen molar-refractivity contribution in [3.8, 4) is 0 Å². The van der Waals surface area contributed by atoms with E-state index in [9.17, 15) is 14.4 Å². The van der Waals surface area contributed by atoms with Crippen molar-refractivity contribution in [2.45, 2.75) is 322 Å². The van der Waals surface area contributed by atoms with Crippen molar-refractivity contribution in [1.82, 2.24) is 0 Å². The minimum Gasteiger partial charge on any atom is -0.462 e. The zero-order valence-electron chi connectivity index (χ0n) is 51.9. The Morgan fingerprint density at radius 1 is 0.266 bits per heavy atom. The summed E-state index contributed by atoms with van der Waals surface area (Å²) >= 11 is 0. The molecule has 0 aliphatic carbocycles. The van der Waals surface area contributed by atoms with Gasteiger partial charge in [0.15, 0.2) is 6.10 Å². The second-order valence-electron chi connectivity index (χ2n) is 22.0. The first kappa shape index (κ1) is 75.1. The maximum atomic E-state index is 12.9. The van der Waals surface area contributed by atoms with Crippen LogP contribution in [0, 0.1) is 0 Å². The van der Waals surface area contributed by atoms with E-state index in [-0.39, 0.29) is 44.0 Å². The zero-order chi connectivity index (χ0) is 57.1. The molecule has 0 amide bonds. The molecule has 452 valence electrons. The van der Waals surface area contributed by atoms with Crippen molar-refractivity contribution in [2.75, 3.05) is 13.2 Å². The third kappa shape index (κ3) is 64.8. The van der Waals surface area contributed by atoms with Crippen molar-refractivity contribution in [2.24, 2.45) is 0 Å². The highest BCUT2D eigenvalue weighted by Crippen LogP contribution is 2.17. The van der Waals surface area contributed by atoms with E-state index in [0.29, 0.717) is 12.8 Å². The molecule has 0 aliphatic rings. The van der Waals surface area contributed by atoms with E-state index in [0.717, 1.165) is 103 Å². The number of carbonyl (C=O) groups is 3. The molecule has 0 rings (SSSR count). The van der Waals surface area contributed by atoms with E-state index in [1.54, 1.807) is 0 Å². The summed E-state index contributed by atoms with van der Waals surface area (Å²) in [5.74, 6) is -1.01. The average Bonchev–Trinajstić information content (AvgIpc) is 3.45. The Kier molecular flexibility index (Phi) is 63.3. The van der Waals surface area contributed by atoms with Gasteiger partial charge in [-0.05, 0) is 109 Å². The van der Waals surface area contributed by atoms with Gasteiger partial charge in [-0.15, -0.1) is 0 Å². The van der Waals surface area contributed by atoms with Crippen LogP contribution in [0.4, 0.5) is 0 Å². The number of esters is 3. The molecule has 79 heavy (non-hydrogen) atoms. The van der Waals surface area contributed by atoms with Crippen LogP contribution in [0.1, 0.15) is 316 Å². The monoisotopic (exact) mass is 1100 g/mol. The van der Waals surface area contributed by atoms with E-state index in [4.69, 9.17) is 14.2 Å². The van der Waals surface area contributed by atoms with Crippen LogP contribution in [0.3, 0.4) is 0 Å². The fourth-order valence-corrected chi connectivity index (χ4v) is 9.33. The van der Waals surface area contributed by atoms with Gasteiger partial charge in [0.05, 0.1) is 0 Å². The van der Waals surface area contributed by atoms with Gasteiger partial charge >= 0.3 is 17.9 Å². The van der Waals surface area contributed by atoms with E-state index in [1.807, 2.05) is 6.08 Å². The summed E-state index contributed by atoms with van der Waals surface area (Å²) < 4.78 is 16.8. The molecular formula is C73H124O6. The third-order valence-electron chi connectivity index (χ3n) is 14.3. The maximum Gasteiger partial charge on any atom is 0.306 e. The van der Waals surface area contributed by atoms with Crippen LogP contribution < -0.4 is 0 Å². The summed E-state index contributed by atoms with van der Waals surface area (Å²) in [6, 6.07) is 0. The Bertz CT molecular complexity index is 1590. The first-order chi connectivity index (χ1) is 39.0. The van der Waals surface area contributed by atoms with Gasteiger partial charge in [-0.2, -0.15) is 0 Å². The fourth-order valence-electron chi connectivity index (χ4n) is 9.33. The third-order valence-corrected chi connectivity index (χ3v) is 14.3. The number of unbranched alkanes of at least 4 members (excludes halogenated alkanes) is 31. The average molecular weight is 1100 g/mol. The molecule has 0 aromatic carbocycles. The van der Waals surface area contributed by atoms with Crippen LogP contribution in [0.2, 0.25) is 0 Å². The summed E-state index contributed by atoms with van der Waals surface area (Å²) in [6.45, 7) is 6.35. The molecular weight excluding hydrogens is 973 g/mol. The Morgan fingerprint density at radius 3 is 0.861 bits per heavy atom. The van der Waals surface area contributed by atoms with Gasteiger partial charge in [-0.25, -0.2) is 0 Å². The molecule has 1 atom stereocenters. The molecule has 0 aromatic heterocycles. The number of carbonyl (C=O) groups excluding carboxylic acids is 3. The Morgan fingerprint density at radius 2 is 0.519 bits per heavy atom. The lowest BCUT2D eigenvalue weighted by Gasteiger charge is -2.18. The zero-order valence-corrected chi connectivity index (χ0v) is 51.9. The SMILES string of the molecule is CC/C=C\C/C=C\C/C=C\C/C=C\CCCCCCC(=O)OC(COC(=O)CC/C=C\C/C=C\C/C=C\C/C=C\CC)COC(=O)CCCCCCCCCCCCCCCCCCCCC/C=C\CCCCCCCCCC. The Hall–Kier alpha value is -3.93. The summed E-state index contributed by atoms with van der Waals surface area (Å²) in [5, 5.41) is 0. The van der Waals surface area contributed by atoms with E-state index in [2.05, 4.69) is 124 Å². The molecule has 1 unspecified atom stereocenters. The largest absolute Gasteiger partial charge is 0.462 e. The summed E-state index contributed by atoms with van der Waals surface area (Å²) in [6.07, 6.45) is 91.4. The molecule has 0 radical (unpaired) electrons. The van der Waals surface area contributed by atoms with Crippen LogP contribution >= 0.6 is 0 Å². The highest BCUT2D eigenvalue weighted by Gasteiger charge is 2.19. The lowest BCUT2D eigenvalue weighted by Crippen LogP contribution is -2.30. The second-order valence-corrected chi connectivity index (χ2v) is 22.0. The molecule has 0 N–H and O–H groups in total. The lowest BCUT2D eigenvalue weighted by molar-refractivity contribution is -0.166. The number of rotatable bonds is 60. The van der Waals surface area contributed by atoms with Gasteiger partial charge in [0, 0.05) is 19.3 Å². The smallest absolute Gasteiger partial charge is 0.306 e. The molecule has 0 aromatic rings. The maximum absolute atomic E-state index is 12.9. The van der Waals surface area contributed by atoms with Gasteiger partial charge in [0.1, 0.15) is 13.2 Å². The Labute approximate surface area is 489 Å². The summed E-state index contributed by atoms with van der Waals surface area (Å²) in [4.78, 5) is 38.2. The number of hydrogen-bond acceptors (Lipinski definition) is 6. The van der Waals surface area contributed by atoms with E-state index in [1.165, 1.54) is 167 Å². The topological polar surface area (TPSA) is 78.9 Å². The number of hydrogen-bond donors (Lipinski definition) is 0. The van der Waals surface area contributed by atoms with Gasteiger partial charge in [0.2, 0.25) is 0 Å². The number of allylic oxidation sites excluding steroid dienone is 18. The predicted molar refractivity (Wildman–Crippen MR) is 343 cm³/mol. The first-order valence-corrected chi connectivity index (χ1v) is 33.4. The highest BCUT2D eigenvalue weighted by molar-refractivity contribution is 5.71. The van der Waals surface area contributed by atoms with Gasteiger partial charge in [0.25, 0.3) is 0 Å². The van der Waals surface area contributed by atoms with Gasteiger partial charge < -0.3 is 14.2 Å². The molecule has 6 nitrogen and oxygen atoms in total. The second kappa shape index (κ2) is 66.6.